The predicted octanol–water partition coefficient (Wildman–Crippen LogP) is 2.42. The van der Waals surface area contributed by atoms with E-state index in [4.69, 9.17) is 5.11 Å². The summed E-state index contributed by atoms with van der Waals surface area (Å²) in [6, 6.07) is 11.6. The van der Waals surface area contributed by atoms with Crippen LogP contribution in [0.1, 0.15) is 31.8 Å². The molecule has 1 N–H and O–H groups in total. The first kappa shape index (κ1) is 14.0. The summed E-state index contributed by atoms with van der Waals surface area (Å²) in [7, 11) is 0. The van der Waals surface area contributed by atoms with Crippen LogP contribution in [0.15, 0.2) is 42.5 Å². The number of carboxylic acid groups (broad SMARTS) is 1. The number of carboxylic acids is 1. The van der Waals surface area contributed by atoms with E-state index in [1.54, 1.807) is 24.3 Å². The zero-order valence-electron chi connectivity index (χ0n) is 11.9. The van der Waals surface area contributed by atoms with Crippen molar-refractivity contribution < 1.29 is 19.5 Å². The Hall–Kier alpha value is -2.95. The summed E-state index contributed by atoms with van der Waals surface area (Å²) in [5.74, 6) is -2.13. The molecule has 0 saturated carbocycles. The third-order valence-corrected chi connectivity index (χ3v) is 3.64. The number of aromatic carboxylic acids is 1. The number of anilines is 1. The highest BCUT2D eigenvalue weighted by molar-refractivity contribution is 6.52. The average molecular weight is 295 g/mol. The average Bonchev–Trinajstić information content (AvgIpc) is 2.72. The van der Waals surface area contributed by atoms with E-state index in [-0.39, 0.29) is 12.1 Å². The number of Topliss-reactive ketones (excluding diaryl/α,β-unsaturated/α-hetero) is 1. The van der Waals surface area contributed by atoms with E-state index in [0.29, 0.717) is 16.8 Å². The second kappa shape index (κ2) is 5.11. The van der Waals surface area contributed by atoms with Crippen LogP contribution in [0.3, 0.4) is 0 Å². The molecule has 0 atom stereocenters. The molecule has 2 aromatic rings. The van der Waals surface area contributed by atoms with Crippen LogP contribution in [0.5, 0.6) is 0 Å². The Morgan fingerprint density at radius 1 is 1.14 bits per heavy atom. The minimum Gasteiger partial charge on any atom is -0.478 e. The van der Waals surface area contributed by atoms with Gasteiger partial charge in [-0.25, -0.2) is 4.79 Å². The van der Waals surface area contributed by atoms with Crippen molar-refractivity contribution in [3.05, 3.63) is 64.7 Å². The molecule has 5 nitrogen and oxygen atoms in total. The molecule has 0 bridgehead atoms. The van der Waals surface area contributed by atoms with E-state index in [2.05, 4.69) is 0 Å². The zero-order chi connectivity index (χ0) is 15.9. The molecule has 0 aliphatic carbocycles. The van der Waals surface area contributed by atoms with Crippen molar-refractivity contribution in [2.24, 2.45) is 0 Å². The first-order valence-corrected chi connectivity index (χ1v) is 6.76. The minimum atomic E-state index is -1.03. The molecule has 3 rings (SSSR count). The van der Waals surface area contributed by atoms with Crippen molar-refractivity contribution in [2.75, 3.05) is 4.90 Å². The number of hydrogen-bond acceptors (Lipinski definition) is 3. The molecule has 0 spiro atoms. The van der Waals surface area contributed by atoms with Crippen molar-refractivity contribution >= 4 is 23.3 Å². The number of carbonyl (C=O) groups is 3. The number of rotatable bonds is 3. The van der Waals surface area contributed by atoms with E-state index in [0.717, 1.165) is 5.56 Å². The van der Waals surface area contributed by atoms with Crippen LogP contribution < -0.4 is 4.90 Å². The van der Waals surface area contributed by atoms with Gasteiger partial charge in [0.05, 0.1) is 23.4 Å². The molecule has 0 saturated heterocycles. The second-order valence-corrected chi connectivity index (χ2v) is 5.25. The smallest absolute Gasteiger partial charge is 0.335 e. The molecule has 5 heteroatoms. The summed E-state index contributed by atoms with van der Waals surface area (Å²) in [6.07, 6.45) is 0. The number of aryl methyl sites for hydroxylation is 1. The van der Waals surface area contributed by atoms with Crippen LogP contribution in [0, 0.1) is 6.92 Å². The lowest BCUT2D eigenvalue weighted by Gasteiger charge is -2.17. The Labute approximate surface area is 126 Å². The largest absolute Gasteiger partial charge is 0.478 e. The molecule has 1 heterocycles. The van der Waals surface area contributed by atoms with Crippen LogP contribution in [-0.2, 0) is 11.3 Å². The van der Waals surface area contributed by atoms with Crippen LogP contribution in [0.2, 0.25) is 0 Å². The van der Waals surface area contributed by atoms with Crippen LogP contribution in [-0.4, -0.2) is 22.8 Å². The van der Waals surface area contributed by atoms with Gasteiger partial charge in [-0.1, -0.05) is 23.8 Å². The van der Waals surface area contributed by atoms with Crippen molar-refractivity contribution in [1.82, 2.24) is 0 Å². The molecule has 0 fully saturated rings. The van der Waals surface area contributed by atoms with Crippen molar-refractivity contribution in [3.63, 3.8) is 0 Å². The first-order chi connectivity index (χ1) is 10.5. The van der Waals surface area contributed by atoms with E-state index < -0.39 is 17.7 Å². The molecule has 110 valence electrons. The quantitative estimate of drug-likeness (QED) is 0.882. The Kier molecular flexibility index (Phi) is 3.25. The zero-order valence-corrected chi connectivity index (χ0v) is 11.9. The number of ketones is 1. The predicted molar refractivity (Wildman–Crippen MR) is 80.1 cm³/mol. The monoisotopic (exact) mass is 295 g/mol. The minimum absolute atomic E-state index is 0.152. The molecule has 1 aliphatic heterocycles. The van der Waals surface area contributed by atoms with E-state index >= 15 is 0 Å². The van der Waals surface area contributed by atoms with Gasteiger partial charge in [0.25, 0.3) is 11.7 Å². The first-order valence-electron chi connectivity index (χ1n) is 6.76. The highest BCUT2D eigenvalue weighted by Gasteiger charge is 2.35. The van der Waals surface area contributed by atoms with Gasteiger partial charge in [-0.2, -0.15) is 0 Å². The highest BCUT2D eigenvalue weighted by atomic mass is 16.4. The summed E-state index contributed by atoms with van der Waals surface area (Å²) in [4.78, 5) is 36.6. The normalized spacial score (nSPS) is 13.4. The van der Waals surface area contributed by atoms with Crippen molar-refractivity contribution in [2.45, 2.75) is 13.5 Å². The lowest BCUT2D eigenvalue weighted by molar-refractivity contribution is -0.114. The maximum Gasteiger partial charge on any atom is 0.335 e. The molecule has 0 unspecified atom stereocenters. The maximum atomic E-state index is 12.2. The topological polar surface area (TPSA) is 74.7 Å². The lowest BCUT2D eigenvalue weighted by atomic mass is 10.1. The fourth-order valence-electron chi connectivity index (χ4n) is 2.56. The number of carbonyl (C=O) groups excluding carboxylic acids is 2. The fraction of sp³-hybridized carbons (Fsp3) is 0.118. The van der Waals surface area contributed by atoms with Crippen LogP contribution >= 0.6 is 0 Å². The number of amides is 1. The van der Waals surface area contributed by atoms with Crippen LogP contribution in [0.4, 0.5) is 5.69 Å². The summed E-state index contributed by atoms with van der Waals surface area (Å²) < 4.78 is 0. The molecular formula is C17H13NO4. The number of nitrogens with zero attached hydrogens (tertiary/aromatic N) is 1. The van der Waals surface area contributed by atoms with Gasteiger partial charge in [0.1, 0.15) is 0 Å². The molecule has 1 aliphatic rings. The Morgan fingerprint density at radius 3 is 2.64 bits per heavy atom. The van der Waals surface area contributed by atoms with Gasteiger partial charge in [0.2, 0.25) is 0 Å². The number of fused-ring (bicyclic) bond motifs is 1. The van der Waals surface area contributed by atoms with Gasteiger partial charge in [-0.3, -0.25) is 9.59 Å². The van der Waals surface area contributed by atoms with E-state index in [1.807, 2.05) is 13.0 Å². The molecule has 2 aromatic carbocycles. The summed E-state index contributed by atoms with van der Waals surface area (Å²) in [6.45, 7) is 2.03. The standard InChI is InChI=1S/C17H13NO4/c1-10-5-6-14-13(7-10)15(19)16(20)18(14)9-11-3-2-4-12(8-11)17(21)22/h2-8H,9H2,1H3,(H,21,22). The van der Waals surface area contributed by atoms with Gasteiger partial charge in [-0.05, 0) is 36.8 Å². The van der Waals surface area contributed by atoms with Gasteiger partial charge >= 0.3 is 5.97 Å². The van der Waals surface area contributed by atoms with Gasteiger partial charge in [0.15, 0.2) is 0 Å². The summed E-state index contributed by atoms with van der Waals surface area (Å²) in [5.41, 5.74) is 2.70. The highest BCUT2D eigenvalue weighted by Crippen LogP contribution is 2.31. The molecule has 22 heavy (non-hydrogen) atoms. The number of benzene rings is 2. The second-order valence-electron chi connectivity index (χ2n) is 5.25. The molecule has 1 amide bonds. The Balaban J connectivity index is 1.97. The Bertz CT molecular complexity index is 810. The van der Waals surface area contributed by atoms with Gasteiger partial charge < -0.3 is 10.0 Å². The van der Waals surface area contributed by atoms with Gasteiger partial charge in [-0.15, -0.1) is 0 Å². The van der Waals surface area contributed by atoms with Crippen molar-refractivity contribution in [3.8, 4) is 0 Å². The third-order valence-electron chi connectivity index (χ3n) is 3.64. The molecule has 0 radical (unpaired) electrons. The molecule has 0 aromatic heterocycles. The summed E-state index contributed by atoms with van der Waals surface area (Å²) in [5, 5.41) is 9.02. The fourth-order valence-corrected chi connectivity index (χ4v) is 2.56. The third kappa shape index (κ3) is 2.26. The van der Waals surface area contributed by atoms with E-state index in [9.17, 15) is 14.4 Å². The maximum absolute atomic E-state index is 12.2. The molecular weight excluding hydrogens is 282 g/mol. The van der Waals surface area contributed by atoms with E-state index in [1.165, 1.54) is 17.0 Å². The number of hydrogen-bond donors (Lipinski definition) is 1. The van der Waals surface area contributed by atoms with Crippen LogP contribution in [0.25, 0.3) is 0 Å². The lowest BCUT2D eigenvalue weighted by Crippen LogP contribution is -2.29. The van der Waals surface area contributed by atoms with Gasteiger partial charge in [0, 0.05) is 0 Å². The SMILES string of the molecule is Cc1ccc2c(c1)C(=O)C(=O)N2Cc1cccc(C(=O)O)c1. The summed E-state index contributed by atoms with van der Waals surface area (Å²) >= 11 is 0. The van der Waals surface area contributed by atoms with Crippen molar-refractivity contribution in [1.29, 1.82) is 0 Å². The Morgan fingerprint density at radius 2 is 1.91 bits per heavy atom.